The van der Waals surface area contributed by atoms with E-state index in [0.717, 1.165) is 16.7 Å². The number of carbonyl (C=O) groups excluding carboxylic acids is 5. The number of hydrogen-bond donors (Lipinski definition) is 5. The quantitative estimate of drug-likeness (QED) is 0.157. The molecule has 5 atom stereocenters. The maximum atomic E-state index is 14.2. The number of esters is 1. The first kappa shape index (κ1) is 38.3. The summed E-state index contributed by atoms with van der Waals surface area (Å²) in [7, 11) is 0. The van der Waals surface area contributed by atoms with Crippen molar-refractivity contribution in [1.82, 2.24) is 21.3 Å². The van der Waals surface area contributed by atoms with Crippen LogP contribution in [-0.4, -0.2) is 65.0 Å². The van der Waals surface area contributed by atoms with Crippen molar-refractivity contribution in [2.24, 2.45) is 5.92 Å². The molecule has 1 saturated heterocycles. The molecule has 11 nitrogen and oxygen atoms in total. The van der Waals surface area contributed by atoms with Crippen molar-refractivity contribution in [2.75, 3.05) is 0 Å². The van der Waals surface area contributed by atoms with Crippen molar-refractivity contribution in [2.45, 2.75) is 76.2 Å². The molecule has 4 aromatic carbocycles. The number of cyclic esters (lactones) is 1. The molecule has 1 aliphatic heterocycles. The van der Waals surface area contributed by atoms with Crippen LogP contribution in [0.3, 0.4) is 0 Å². The van der Waals surface area contributed by atoms with Gasteiger partial charge in [-0.25, -0.2) is 4.79 Å². The van der Waals surface area contributed by atoms with Crippen molar-refractivity contribution in [3.8, 4) is 5.75 Å². The minimum atomic E-state index is -1.29. The van der Waals surface area contributed by atoms with Gasteiger partial charge in [0.25, 0.3) is 5.91 Å². The highest BCUT2D eigenvalue weighted by Crippen LogP contribution is 2.16. The van der Waals surface area contributed by atoms with Crippen LogP contribution >= 0.6 is 0 Å². The summed E-state index contributed by atoms with van der Waals surface area (Å²) in [4.78, 5) is 70.5. The van der Waals surface area contributed by atoms with Crippen LogP contribution in [0.5, 0.6) is 5.75 Å². The topological polar surface area (TPSA) is 163 Å². The molecule has 5 rings (SSSR count). The van der Waals surface area contributed by atoms with Crippen LogP contribution < -0.4 is 21.3 Å². The zero-order valence-corrected chi connectivity index (χ0v) is 29.9. The fraction of sp³-hybridized carbons (Fsp3) is 0.310. The van der Waals surface area contributed by atoms with Gasteiger partial charge in [0.2, 0.25) is 17.7 Å². The lowest BCUT2D eigenvalue weighted by Gasteiger charge is -2.26. The second kappa shape index (κ2) is 18.5. The Morgan fingerprint density at radius 3 is 1.23 bits per heavy atom. The first-order valence-electron chi connectivity index (χ1n) is 17.9. The van der Waals surface area contributed by atoms with E-state index >= 15 is 0 Å². The SMILES string of the molecule is CC(C)C[C@@H]1OC(=O)[C@H](Cc2ccccc2)NC(=O)[C@H](Cc2ccccc2)NC(=O)[C@H](Cc2ccccc2)NC(=O)[C@H](Cc2ccc(O)cc2)NC1=O. The van der Waals surface area contributed by atoms with Gasteiger partial charge in [0, 0.05) is 25.7 Å². The van der Waals surface area contributed by atoms with Crippen LogP contribution in [0, 0.1) is 5.92 Å². The van der Waals surface area contributed by atoms with Gasteiger partial charge in [-0.3, -0.25) is 19.2 Å². The zero-order valence-electron chi connectivity index (χ0n) is 29.9. The van der Waals surface area contributed by atoms with E-state index in [1.165, 1.54) is 12.1 Å². The maximum absolute atomic E-state index is 14.2. The van der Waals surface area contributed by atoms with Crippen molar-refractivity contribution >= 4 is 29.6 Å². The molecule has 0 unspecified atom stereocenters. The maximum Gasteiger partial charge on any atom is 0.329 e. The predicted octanol–water partition coefficient (Wildman–Crippen LogP) is 3.57. The Morgan fingerprint density at radius 1 is 0.491 bits per heavy atom. The molecule has 1 heterocycles. The number of hydrogen-bond acceptors (Lipinski definition) is 7. The van der Waals surface area contributed by atoms with Gasteiger partial charge in [-0.2, -0.15) is 0 Å². The van der Waals surface area contributed by atoms with Crippen molar-refractivity contribution in [1.29, 1.82) is 0 Å². The van der Waals surface area contributed by atoms with E-state index < -0.39 is 59.9 Å². The second-order valence-corrected chi connectivity index (χ2v) is 13.7. The van der Waals surface area contributed by atoms with E-state index in [4.69, 9.17) is 4.74 Å². The van der Waals surface area contributed by atoms with Gasteiger partial charge in [-0.05, 0) is 46.7 Å². The van der Waals surface area contributed by atoms with Crippen LogP contribution in [0.2, 0.25) is 0 Å². The third-order valence-corrected chi connectivity index (χ3v) is 8.96. The summed E-state index contributed by atoms with van der Waals surface area (Å²) < 4.78 is 5.89. The van der Waals surface area contributed by atoms with Crippen LogP contribution in [0.1, 0.15) is 42.5 Å². The standard InChI is InChI=1S/C42H46N4O7/c1-27(2)22-37-41(51)45-35(25-31-18-20-32(47)21-19-31)39(49)43-33(23-28-12-6-3-7-13-28)38(48)44-34(24-29-14-8-4-9-15-29)40(50)46-36(42(52)53-37)26-30-16-10-5-11-17-30/h3-21,27,33-37,47H,22-26H2,1-2H3,(H,43,49)(H,44,48)(H,45,51)(H,46,50)/t33-,34-,35-,36-,37-/m0/s1. The number of aromatic hydroxyl groups is 1. The van der Waals surface area contributed by atoms with Gasteiger partial charge in [-0.1, -0.05) is 117 Å². The molecule has 276 valence electrons. The third kappa shape index (κ3) is 11.5. The highest BCUT2D eigenvalue weighted by molar-refractivity contribution is 5.97. The van der Waals surface area contributed by atoms with Crippen LogP contribution in [0.4, 0.5) is 0 Å². The molecule has 5 N–H and O–H groups in total. The first-order valence-corrected chi connectivity index (χ1v) is 17.9. The molecule has 1 aliphatic rings. The fourth-order valence-electron chi connectivity index (χ4n) is 6.18. The number of phenols is 1. The van der Waals surface area contributed by atoms with Crippen LogP contribution in [-0.2, 0) is 54.4 Å². The molecule has 1 fully saturated rings. The molecule has 53 heavy (non-hydrogen) atoms. The van der Waals surface area contributed by atoms with E-state index in [-0.39, 0.29) is 43.8 Å². The van der Waals surface area contributed by atoms with Crippen molar-refractivity contribution in [3.63, 3.8) is 0 Å². The summed E-state index contributed by atoms with van der Waals surface area (Å²) in [5, 5.41) is 21.2. The molecular formula is C42H46N4O7. The number of phenolic OH excluding ortho intramolecular Hbond substituents is 1. The molecule has 0 aliphatic carbocycles. The Kier molecular flexibility index (Phi) is 13.4. The Bertz CT molecular complexity index is 1840. The smallest absolute Gasteiger partial charge is 0.329 e. The lowest BCUT2D eigenvalue weighted by molar-refractivity contribution is -0.160. The van der Waals surface area contributed by atoms with Gasteiger partial charge in [0.1, 0.15) is 29.9 Å². The Hall–Kier alpha value is -5.97. The van der Waals surface area contributed by atoms with E-state index in [9.17, 15) is 29.1 Å². The average Bonchev–Trinajstić information content (AvgIpc) is 3.15. The number of rotatable bonds is 10. The normalized spacial score (nSPS) is 21.6. The molecule has 0 bridgehead atoms. The van der Waals surface area contributed by atoms with Crippen LogP contribution in [0.15, 0.2) is 115 Å². The number of ether oxygens (including phenoxy) is 1. The van der Waals surface area contributed by atoms with E-state index in [1.54, 1.807) is 12.1 Å². The van der Waals surface area contributed by atoms with E-state index in [2.05, 4.69) is 21.3 Å². The van der Waals surface area contributed by atoms with Crippen LogP contribution in [0.25, 0.3) is 0 Å². The summed E-state index contributed by atoms with van der Waals surface area (Å²) >= 11 is 0. The number of benzene rings is 4. The number of nitrogens with one attached hydrogen (secondary N) is 4. The lowest BCUT2D eigenvalue weighted by atomic mass is 10.0. The predicted molar refractivity (Wildman–Crippen MR) is 199 cm³/mol. The Labute approximate surface area is 309 Å². The summed E-state index contributed by atoms with van der Waals surface area (Å²) in [6.07, 6.45) is -0.896. The molecule has 11 heteroatoms. The highest BCUT2D eigenvalue weighted by Gasteiger charge is 2.36. The van der Waals surface area contributed by atoms with E-state index in [1.807, 2.05) is 105 Å². The Morgan fingerprint density at radius 2 is 0.830 bits per heavy atom. The molecule has 0 saturated carbocycles. The third-order valence-electron chi connectivity index (χ3n) is 8.96. The van der Waals surface area contributed by atoms with Crippen molar-refractivity contribution in [3.05, 3.63) is 138 Å². The minimum absolute atomic E-state index is 0.00712. The van der Waals surface area contributed by atoms with E-state index in [0.29, 0.717) is 5.56 Å². The summed E-state index contributed by atoms with van der Waals surface area (Å²) in [6, 6.07) is 28.9. The zero-order chi connectivity index (χ0) is 37.7. The summed E-state index contributed by atoms with van der Waals surface area (Å²) in [6.45, 7) is 3.75. The monoisotopic (exact) mass is 718 g/mol. The fourth-order valence-corrected chi connectivity index (χ4v) is 6.18. The van der Waals surface area contributed by atoms with Gasteiger partial charge in [0.15, 0.2) is 6.10 Å². The average molecular weight is 719 g/mol. The molecule has 0 aromatic heterocycles. The minimum Gasteiger partial charge on any atom is -0.508 e. The second-order valence-electron chi connectivity index (χ2n) is 13.7. The van der Waals surface area contributed by atoms with Gasteiger partial charge < -0.3 is 31.1 Å². The number of amides is 4. The number of carbonyl (C=O) groups is 5. The lowest BCUT2D eigenvalue weighted by Crippen LogP contribution is -2.59. The van der Waals surface area contributed by atoms with Gasteiger partial charge in [0.05, 0.1) is 0 Å². The molecule has 4 aromatic rings. The molecule has 0 radical (unpaired) electrons. The van der Waals surface area contributed by atoms with Gasteiger partial charge in [-0.15, -0.1) is 0 Å². The molecule has 4 amide bonds. The van der Waals surface area contributed by atoms with Crippen molar-refractivity contribution < 1.29 is 33.8 Å². The Balaban J connectivity index is 1.57. The summed E-state index contributed by atoms with van der Waals surface area (Å²) in [5.74, 6) is -3.48. The highest BCUT2D eigenvalue weighted by atomic mass is 16.5. The molecule has 0 spiro atoms. The molecular weight excluding hydrogens is 672 g/mol. The van der Waals surface area contributed by atoms with Gasteiger partial charge >= 0.3 is 5.97 Å². The largest absolute Gasteiger partial charge is 0.508 e. The summed E-state index contributed by atoms with van der Waals surface area (Å²) in [5.41, 5.74) is 2.89. The first-order chi connectivity index (χ1) is 25.5.